The molecule has 11 nitrogen and oxygen atoms in total. The van der Waals surface area contributed by atoms with Crippen LogP contribution in [-0.4, -0.2) is 61.2 Å². The van der Waals surface area contributed by atoms with Gasteiger partial charge in [-0.15, -0.1) is 0 Å². The van der Waals surface area contributed by atoms with Crippen LogP contribution in [0.5, 0.6) is 0 Å². The lowest BCUT2D eigenvalue weighted by Gasteiger charge is -2.32. The SMILES string of the molecule is CCN(C)S(=O)(=O)Nc1ccc(F)c(Nc2ccc3ncn(C4COC5(CCNCC5)C4)c(=O)c3c2)c1C#N. The first-order valence-corrected chi connectivity index (χ1v) is 14.2. The molecule has 0 radical (unpaired) electrons. The number of piperidine rings is 1. The smallest absolute Gasteiger partial charge is 0.301 e. The summed E-state index contributed by atoms with van der Waals surface area (Å²) in [4.78, 5) is 18.0. The second-order valence-electron chi connectivity index (χ2n) is 9.89. The van der Waals surface area contributed by atoms with E-state index in [-0.39, 0.29) is 40.7 Å². The number of anilines is 3. The zero-order chi connectivity index (χ0) is 27.8. The van der Waals surface area contributed by atoms with Gasteiger partial charge in [0.1, 0.15) is 17.4 Å². The summed E-state index contributed by atoms with van der Waals surface area (Å²) < 4.78 is 51.1. The Morgan fingerprint density at radius 1 is 1.31 bits per heavy atom. The molecular formula is C26H30FN7O4S. The molecular weight excluding hydrogens is 525 g/mol. The Hall–Kier alpha value is -3.57. The lowest BCUT2D eigenvalue weighted by Crippen LogP contribution is -2.41. The molecule has 1 unspecified atom stereocenters. The molecule has 2 aliphatic rings. The number of ether oxygens (including phenoxy) is 1. The van der Waals surface area contributed by atoms with Crippen LogP contribution < -0.4 is 20.9 Å². The maximum Gasteiger partial charge on any atom is 0.301 e. The molecule has 2 aliphatic heterocycles. The lowest BCUT2D eigenvalue weighted by atomic mass is 9.88. The molecule has 0 aliphatic carbocycles. The molecule has 5 rings (SSSR count). The molecule has 2 fully saturated rings. The number of hydrogen-bond acceptors (Lipinski definition) is 8. The molecule has 2 saturated heterocycles. The number of nitrogens with one attached hydrogen (secondary N) is 3. The van der Waals surface area contributed by atoms with Gasteiger partial charge in [-0.25, -0.2) is 9.37 Å². The van der Waals surface area contributed by atoms with Crippen molar-refractivity contribution in [1.29, 1.82) is 5.26 Å². The summed E-state index contributed by atoms with van der Waals surface area (Å²) in [7, 11) is -2.55. The average Bonchev–Trinajstić information content (AvgIpc) is 3.33. The fourth-order valence-corrected chi connectivity index (χ4v) is 6.08. The van der Waals surface area contributed by atoms with Gasteiger partial charge in [-0.2, -0.15) is 18.0 Å². The fraction of sp³-hybridized carbons (Fsp3) is 0.423. The van der Waals surface area contributed by atoms with Crippen LogP contribution in [0.1, 0.15) is 37.8 Å². The summed E-state index contributed by atoms with van der Waals surface area (Å²) in [6.45, 7) is 4.06. The molecule has 0 amide bonds. The minimum absolute atomic E-state index is 0.0698. The van der Waals surface area contributed by atoms with Crippen LogP contribution >= 0.6 is 0 Å². The Morgan fingerprint density at radius 3 is 2.79 bits per heavy atom. The average molecular weight is 556 g/mol. The Labute approximate surface area is 225 Å². The van der Waals surface area contributed by atoms with Crippen molar-refractivity contribution in [3.05, 3.63) is 58.4 Å². The Balaban J connectivity index is 1.46. The molecule has 3 aromatic rings. The summed E-state index contributed by atoms with van der Waals surface area (Å²) in [6.07, 6.45) is 4.06. The molecule has 1 atom stereocenters. The molecule has 3 heterocycles. The maximum absolute atomic E-state index is 14.9. The fourth-order valence-electron chi connectivity index (χ4n) is 5.14. The molecule has 206 valence electrons. The number of aromatic nitrogens is 2. The van der Waals surface area contributed by atoms with E-state index < -0.39 is 16.0 Å². The number of halogens is 1. The summed E-state index contributed by atoms with van der Waals surface area (Å²) >= 11 is 0. The van der Waals surface area contributed by atoms with E-state index in [9.17, 15) is 22.9 Å². The van der Waals surface area contributed by atoms with Crippen molar-refractivity contribution in [3.8, 4) is 6.07 Å². The van der Waals surface area contributed by atoms with E-state index in [0.717, 1.165) is 42.7 Å². The Morgan fingerprint density at radius 2 is 2.08 bits per heavy atom. The van der Waals surface area contributed by atoms with Crippen molar-refractivity contribution >= 4 is 38.2 Å². The van der Waals surface area contributed by atoms with Crippen LogP contribution in [0.15, 0.2) is 41.5 Å². The molecule has 0 bridgehead atoms. The monoisotopic (exact) mass is 555 g/mol. The highest BCUT2D eigenvalue weighted by Gasteiger charge is 2.42. The Bertz CT molecular complexity index is 1610. The molecule has 2 aromatic carbocycles. The molecule has 0 saturated carbocycles. The largest absolute Gasteiger partial charge is 0.373 e. The van der Waals surface area contributed by atoms with Gasteiger partial charge in [0.25, 0.3) is 5.56 Å². The van der Waals surface area contributed by atoms with Crippen LogP contribution in [0.2, 0.25) is 0 Å². The van der Waals surface area contributed by atoms with E-state index in [1.54, 1.807) is 36.0 Å². The molecule has 39 heavy (non-hydrogen) atoms. The van der Waals surface area contributed by atoms with E-state index in [4.69, 9.17) is 4.74 Å². The normalized spacial score (nSPS) is 18.9. The summed E-state index contributed by atoms with van der Waals surface area (Å²) in [5.41, 5.74) is -0.148. The van der Waals surface area contributed by atoms with Crippen molar-refractivity contribution in [2.75, 3.05) is 43.3 Å². The second-order valence-corrected chi connectivity index (χ2v) is 11.7. The standard InChI is InChI=1S/C26H30FN7O4S/c1-3-33(2)39(36,37)32-23-7-5-21(27)24(20(23)14-28)31-17-4-6-22-19(12-17)25(35)34(16-30-22)18-13-26(38-15-18)8-10-29-11-9-26/h4-7,12,16,18,29,31-32H,3,8-11,13,15H2,1-2H3. The van der Waals surface area contributed by atoms with Gasteiger partial charge < -0.3 is 15.4 Å². The van der Waals surface area contributed by atoms with E-state index in [1.807, 2.05) is 6.07 Å². The van der Waals surface area contributed by atoms with E-state index >= 15 is 0 Å². The first kappa shape index (κ1) is 27.0. The van der Waals surface area contributed by atoms with Gasteiger partial charge >= 0.3 is 10.2 Å². The first-order valence-electron chi connectivity index (χ1n) is 12.8. The summed E-state index contributed by atoms with van der Waals surface area (Å²) in [5.74, 6) is -0.752. The highest BCUT2D eigenvalue weighted by atomic mass is 32.2. The predicted molar refractivity (Wildman–Crippen MR) is 146 cm³/mol. The number of fused-ring (bicyclic) bond motifs is 1. The van der Waals surface area contributed by atoms with Gasteiger partial charge in [0, 0.05) is 19.3 Å². The predicted octanol–water partition coefficient (Wildman–Crippen LogP) is 2.84. The third-order valence-corrected chi connectivity index (χ3v) is 9.07. The van der Waals surface area contributed by atoms with Gasteiger partial charge in [-0.1, -0.05) is 6.92 Å². The quantitative estimate of drug-likeness (QED) is 0.404. The maximum atomic E-state index is 14.9. The molecule has 1 spiro atoms. The van der Waals surface area contributed by atoms with Crippen LogP contribution in [-0.2, 0) is 14.9 Å². The number of nitriles is 1. The van der Waals surface area contributed by atoms with Crippen LogP contribution in [0.4, 0.5) is 21.5 Å². The number of nitrogens with zero attached hydrogens (tertiary/aromatic N) is 4. The highest BCUT2D eigenvalue weighted by molar-refractivity contribution is 7.90. The third kappa shape index (κ3) is 5.20. The van der Waals surface area contributed by atoms with Gasteiger partial charge in [0.15, 0.2) is 0 Å². The van der Waals surface area contributed by atoms with Crippen molar-refractivity contribution in [1.82, 2.24) is 19.2 Å². The topological polar surface area (TPSA) is 141 Å². The summed E-state index contributed by atoms with van der Waals surface area (Å²) in [6, 6.07) is 8.81. The van der Waals surface area contributed by atoms with Crippen LogP contribution in [0, 0.1) is 17.1 Å². The number of benzene rings is 2. The lowest BCUT2D eigenvalue weighted by molar-refractivity contribution is -0.0196. The van der Waals surface area contributed by atoms with E-state index in [1.165, 1.54) is 13.1 Å². The highest BCUT2D eigenvalue weighted by Crippen LogP contribution is 2.39. The van der Waals surface area contributed by atoms with Gasteiger partial charge in [-0.05, 0) is 62.7 Å². The zero-order valence-electron chi connectivity index (χ0n) is 21.7. The van der Waals surface area contributed by atoms with E-state index in [2.05, 4.69) is 20.3 Å². The van der Waals surface area contributed by atoms with Gasteiger partial charge in [0.2, 0.25) is 0 Å². The van der Waals surface area contributed by atoms with Crippen LogP contribution in [0.25, 0.3) is 10.9 Å². The Kier molecular flexibility index (Phi) is 7.30. The molecule has 13 heteroatoms. The van der Waals surface area contributed by atoms with Crippen molar-refractivity contribution < 1.29 is 17.5 Å². The van der Waals surface area contributed by atoms with Crippen LogP contribution in [0.3, 0.4) is 0 Å². The van der Waals surface area contributed by atoms with Crippen molar-refractivity contribution in [2.24, 2.45) is 0 Å². The van der Waals surface area contributed by atoms with Crippen molar-refractivity contribution in [2.45, 2.75) is 37.8 Å². The van der Waals surface area contributed by atoms with Gasteiger partial charge in [-0.3, -0.25) is 14.1 Å². The summed E-state index contributed by atoms with van der Waals surface area (Å²) in [5, 5.41) is 16.3. The zero-order valence-corrected chi connectivity index (χ0v) is 22.5. The van der Waals surface area contributed by atoms with Gasteiger partial charge in [0.05, 0.1) is 46.9 Å². The van der Waals surface area contributed by atoms with Crippen molar-refractivity contribution in [3.63, 3.8) is 0 Å². The van der Waals surface area contributed by atoms with E-state index in [0.29, 0.717) is 23.2 Å². The third-order valence-electron chi connectivity index (χ3n) is 7.51. The molecule has 3 N–H and O–H groups in total. The number of rotatable bonds is 7. The number of hydrogen-bond donors (Lipinski definition) is 3. The minimum Gasteiger partial charge on any atom is -0.373 e. The first-order chi connectivity index (χ1) is 18.7. The molecule has 1 aromatic heterocycles. The minimum atomic E-state index is -3.94. The second kappa shape index (κ2) is 10.5.